The second-order valence-corrected chi connectivity index (χ2v) is 12.4. The number of piperidine rings is 1. The second kappa shape index (κ2) is 9.85. The number of carbonyl (C=O) groups excluding carboxylic acids is 2. The third-order valence-electron chi connectivity index (χ3n) is 9.43. The molecule has 2 aliphatic carbocycles. The number of amides is 1. The average Bonchev–Trinajstić information content (AvgIpc) is 3.72. The number of hydrogen-bond acceptors (Lipinski definition) is 3. The molecule has 4 atom stereocenters. The highest BCUT2D eigenvalue weighted by Crippen LogP contribution is 2.51. The van der Waals surface area contributed by atoms with E-state index in [1.165, 1.54) is 38.4 Å². The first-order valence-corrected chi connectivity index (χ1v) is 14.2. The summed E-state index contributed by atoms with van der Waals surface area (Å²) in [5.74, 6) is 1.77. The molecule has 5 heteroatoms. The van der Waals surface area contributed by atoms with Crippen molar-refractivity contribution in [2.75, 3.05) is 26.7 Å². The van der Waals surface area contributed by atoms with Crippen LogP contribution in [-0.4, -0.2) is 49.1 Å². The van der Waals surface area contributed by atoms with Crippen molar-refractivity contribution in [2.45, 2.75) is 56.9 Å². The SMILES string of the molecule is CC(=O)Oc1cccc([C@@]23CC[N@+](C)(CC4CC4)CC2CC[C@@H](NC(=O)c2ccc4ccccc4c2)C3)c1. The van der Waals surface area contributed by atoms with Gasteiger partial charge in [-0.15, -0.1) is 0 Å². The summed E-state index contributed by atoms with van der Waals surface area (Å²) in [6.45, 7) is 5.08. The number of nitrogens with one attached hydrogen (secondary N) is 1. The number of fused-ring (bicyclic) bond motifs is 2. The van der Waals surface area contributed by atoms with Crippen LogP contribution in [0.2, 0.25) is 0 Å². The normalized spacial score (nSPS) is 28.9. The highest BCUT2D eigenvalue weighted by Gasteiger charge is 2.53. The zero-order valence-electron chi connectivity index (χ0n) is 22.6. The molecule has 2 saturated carbocycles. The van der Waals surface area contributed by atoms with E-state index >= 15 is 0 Å². The topological polar surface area (TPSA) is 55.4 Å². The second-order valence-electron chi connectivity index (χ2n) is 12.4. The summed E-state index contributed by atoms with van der Waals surface area (Å²) in [5, 5.41) is 5.64. The maximum absolute atomic E-state index is 13.4. The molecule has 1 heterocycles. The smallest absolute Gasteiger partial charge is 0.308 e. The van der Waals surface area contributed by atoms with Crippen molar-refractivity contribution >= 4 is 22.6 Å². The fourth-order valence-corrected chi connectivity index (χ4v) is 7.40. The molecule has 1 saturated heterocycles. The van der Waals surface area contributed by atoms with E-state index in [0.29, 0.717) is 17.2 Å². The Morgan fingerprint density at radius 2 is 1.79 bits per heavy atom. The Morgan fingerprint density at radius 3 is 2.58 bits per heavy atom. The van der Waals surface area contributed by atoms with Crippen molar-refractivity contribution in [3.05, 3.63) is 77.9 Å². The molecule has 3 fully saturated rings. The fourth-order valence-electron chi connectivity index (χ4n) is 7.40. The third-order valence-corrected chi connectivity index (χ3v) is 9.43. The van der Waals surface area contributed by atoms with Gasteiger partial charge in [-0.05, 0) is 72.7 Å². The van der Waals surface area contributed by atoms with Crippen LogP contribution in [0.1, 0.15) is 61.4 Å². The summed E-state index contributed by atoms with van der Waals surface area (Å²) in [7, 11) is 2.45. The molecule has 0 aromatic heterocycles. The average molecular weight is 512 g/mol. The Kier molecular flexibility index (Phi) is 6.51. The van der Waals surface area contributed by atoms with Gasteiger partial charge in [-0.1, -0.05) is 42.5 Å². The lowest BCUT2D eigenvalue weighted by Gasteiger charge is -2.55. The number of nitrogens with zero attached hydrogens (tertiary/aromatic N) is 1. The summed E-state index contributed by atoms with van der Waals surface area (Å²) in [5.41, 5.74) is 1.94. The van der Waals surface area contributed by atoms with E-state index in [-0.39, 0.29) is 23.3 Å². The van der Waals surface area contributed by atoms with E-state index in [1.807, 2.05) is 42.5 Å². The number of benzene rings is 3. The van der Waals surface area contributed by atoms with Crippen LogP contribution >= 0.6 is 0 Å². The minimum Gasteiger partial charge on any atom is -0.427 e. The molecular weight excluding hydrogens is 472 g/mol. The van der Waals surface area contributed by atoms with Crippen molar-refractivity contribution < 1.29 is 18.8 Å². The molecule has 1 N–H and O–H groups in total. The van der Waals surface area contributed by atoms with E-state index in [0.717, 1.165) is 53.4 Å². The van der Waals surface area contributed by atoms with Gasteiger partial charge in [-0.2, -0.15) is 0 Å². The predicted octanol–water partition coefficient (Wildman–Crippen LogP) is 5.86. The zero-order valence-corrected chi connectivity index (χ0v) is 22.6. The molecule has 5 nitrogen and oxygen atoms in total. The lowest BCUT2D eigenvalue weighted by Crippen LogP contribution is -2.62. The molecular formula is C33H39N2O3+. The number of quaternary nitrogens is 1. The van der Waals surface area contributed by atoms with Crippen LogP contribution in [0.25, 0.3) is 10.8 Å². The van der Waals surface area contributed by atoms with Crippen molar-refractivity contribution in [1.82, 2.24) is 5.32 Å². The van der Waals surface area contributed by atoms with Crippen LogP contribution < -0.4 is 10.1 Å². The lowest BCUT2D eigenvalue weighted by atomic mass is 9.57. The van der Waals surface area contributed by atoms with Crippen LogP contribution in [0, 0.1) is 11.8 Å². The van der Waals surface area contributed by atoms with Crippen LogP contribution in [0.15, 0.2) is 66.7 Å². The summed E-state index contributed by atoms with van der Waals surface area (Å²) in [6.07, 6.45) is 6.88. The van der Waals surface area contributed by atoms with Gasteiger partial charge < -0.3 is 14.5 Å². The molecule has 38 heavy (non-hydrogen) atoms. The fraction of sp³-hybridized carbons (Fsp3) is 0.455. The quantitative estimate of drug-likeness (QED) is 0.256. The first-order valence-electron chi connectivity index (χ1n) is 14.2. The molecule has 3 aromatic carbocycles. The van der Waals surface area contributed by atoms with Crippen LogP contribution in [0.5, 0.6) is 5.75 Å². The monoisotopic (exact) mass is 511 g/mol. The van der Waals surface area contributed by atoms with Crippen molar-refractivity contribution in [2.24, 2.45) is 11.8 Å². The first kappa shape index (κ1) is 25.1. The van der Waals surface area contributed by atoms with Gasteiger partial charge >= 0.3 is 5.97 Å². The highest BCUT2D eigenvalue weighted by atomic mass is 16.5. The van der Waals surface area contributed by atoms with Gasteiger partial charge in [0.1, 0.15) is 5.75 Å². The Balaban J connectivity index is 1.26. The Morgan fingerprint density at radius 1 is 0.974 bits per heavy atom. The van der Waals surface area contributed by atoms with E-state index in [9.17, 15) is 9.59 Å². The van der Waals surface area contributed by atoms with Gasteiger partial charge in [0.15, 0.2) is 0 Å². The minimum atomic E-state index is -0.294. The molecule has 1 amide bonds. The maximum Gasteiger partial charge on any atom is 0.308 e. The zero-order chi connectivity index (χ0) is 26.3. The van der Waals surface area contributed by atoms with Crippen molar-refractivity contribution in [1.29, 1.82) is 0 Å². The van der Waals surface area contributed by atoms with Gasteiger partial charge in [0, 0.05) is 42.2 Å². The van der Waals surface area contributed by atoms with Crippen molar-refractivity contribution in [3.63, 3.8) is 0 Å². The largest absolute Gasteiger partial charge is 0.427 e. The predicted molar refractivity (Wildman–Crippen MR) is 150 cm³/mol. The highest BCUT2D eigenvalue weighted by molar-refractivity contribution is 5.98. The molecule has 3 aliphatic rings. The van der Waals surface area contributed by atoms with E-state index in [2.05, 4.69) is 36.6 Å². The first-order chi connectivity index (χ1) is 18.3. The van der Waals surface area contributed by atoms with Gasteiger partial charge in [0.05, 0.1) is 26.7 Å². The third kappa shape index (κ3) is 5.09. The molecule has 0 spiro atoms. The van der Waals surface area contributed by atoms with Crippen molar-refractivity contribution in [3.8, 4) is 5.75 Å². The number of likely N-dealkylation sites (tertiary alicyclic amines) is 1. The number of carbonyl (C=O) groups is 2. The number of hydrogen-bond donors (Lipinski definition) is 1. The standard InChI is InChI=1S/C33H38N2O3/c1-23(36)38-31-9-5-8-28(19-31)33-16-17-35(2,21-24-10-11-24)22-29(33)14-15-30(20-33)34-32(37)27-13-12-25-6-3-4-7-26(25)18-27/h3-9,12-13,18-19,24,29-30H,10-11,14-17,20-22H2,1-2H3/p+1/t29?,30-,33+,35-/m1/s1. The van der Waals surface area contributed by atoms with Crippen LogP contribution in [0.3, 0.4) is 0 Å². The van der Waals surface area contributed by atoms with E-state index in [1.54, 1.807) is 0 Å². The number of ether oxygens (including phenoxy) is 1. The summed E-state index contributed by atoms with van der Waals surface area (Å²) >= 11 is 0. The Bertz CT molecular complexity index is 1370. The minimum absolute atomic E-state index is 0.00757. The molecule has 6 rings (SSSR count). The molecule has 0 radical (unpaired) electrons. The number of rotatable bonds is 6. The Labute approximate surface area is 225 Å². The molecule has 3 aromatic rings. The molecule has 198 valence electrons. The van der Waals surface area contributed by atoms with Gasteiger partial charge in [0.2, 0.25) is 0 Å². The number of esters is 1. The van der Waals surface area contributed by atoms with Gasteiger partial charge in [-0.3, -0.25) is 9.59 Å². The molecule has 1 unspecified atom stereocenters. The summed E-state index contributed by atoms with van der Waals surface area (Å²) in [4.78, 5) is 25.1. The van der Waals surface area contributed by atoms with Gasteiger partial charge in [-0.25, -0.2) is 0 Å². The maximum atomic E-state index is 13.4. The van der Waals surface area contributed by atoms with E-state index in [4.69, 9.17) is 4.74 Å². The van der Waals surface area contributed by atoms with Gasteiger partial charge in [0.25, 0.3) is 5.91 Å². The van der Waals surface area contributed by atoms with Crippen LogP contribution in [-0.2, 0) is 10.2 Å². The summed E-state index contributed by atoms with van der Waals surface area (Å²) in [6, 6.07) is 22.4. The molecule has 0 bridgehead atoms. The Hall–Kier alpha value is -3.18. The molecule has 1 aliphatic heterocycles. The summed E-state index contributed by atoms with van der Waals surface area (Å²) < 4.78 is 6.66. The van der Waals surface area contributed by atoms with E-state index < -0.39 is 0 Å². The van der Waals surface area contributed by atoms with Crippen LogP contribution in [0.4, 0.5) is 0 Å². The lowest BCUT2D eigenvalue weighted by molar-refractivity contribution is -0.921.